The maximum Gasteiger partial charge on any atom is 0.260 e. The van der Waals surface area contributed by atoms with E-state index in [4.69, 9.17) is 4.74 Å². The Morgan fingerprint density at radius 3 is 2.40 bits per heavy atom. The molecule has 2 heterocycles. The van der Waals surface area contributed by atoms with Crippen LogP contribution >= 0.6 is 0 Å². The van der Waals surface area contributed by atoms with E-state index in [0.29, 0.717) is 32.6 Å². The summed E-state index contributed by atoms with van der Waals surface area (Å²) in [7, 11) is 0. The van der Waals surface area contributed by atoms with Crippen LogP contribution in [-0.4, -0.2) is 59.4 Å². The Morgan fingerprint density at radius 2 is 1.67 bits per heavy atom. The van der Waals surface area contributed by atoms with E-state index in [-0.39, 0.29) is 18.4 Å². The number of benzene rings is 2. The van der Waals surface area contributed by atoms with Crippen molar-refractivity contribution in [2.75, 3.05) is 32.8 Å². The zero-order valence-corrected chi connectivity index (χ0v) is 17.5. The molecular weight excluding hydrogens is 378 g/mol. The first-order valence-electron chi connectivity index (χ1n) is 10.3. The molecule has 0 aliphatic carbocycles. The molecule has 0 atom stereocenters. The molecular formula is C24H27N3O3. The van der Waals surface area contributed by atoms with Crippen LogP contribution in [0.2, 0.25) is 0 Å². The topological polar surface area (TPSA) is 65.6 Å². The number of hydrogen-bond donors (Lipinski definition) is 1. The van der Waals surface area contributed by atoms with Crippen LogP contribution in [0.5, 0.6) is 5.75 Å². The first-order chi connectivity index (χ1) is 14.5. The molecule has 6 heteroatoms. The van der Waals surface area contributed by atoms with Crippen molar-refractivity contribution in [2.24, 2.45) is 0 Å². The molecule has 0 saturated carbocycles. The van der Waals surface area contributed by atoms with Crippen molar-refractivity contribution >= 4 is 22.7 Å². The number of fused-ring (bicyclic) bond motifs is 1. The highest BCUT2D eigenvalue weighted by molar-refractivity contribution is 5.89. The van der Waals surface area contributed by atoms with Gasteiger partial charge in [0.25, 0.3) is 5.91 Å². The second-order valence-corrected chi connectivity index (χ2v) is 7.86. The second-order valence-electron chi connectivity index (χ2n) is 7.86. The number of H-pyrrole nitrogens is 1. The fraction of sp³-hybridized carbons (Fsp3) is 0.333. The summed E-state index contributed by atoms with van der Waals surface area (Å²) in [4.78, 5) is 32.1. The third-order valence-corrected chi connectivity index (χ3v) is 5.68. The van der Waals surface area contributed by atoms with Crippen molar-refractivity contribution in [1.82, 2.24) is 14.8 Å². The van der Waals surface area contributed by atoms with Crippen LogP contribution in [0.1, 0.15) is 16.7 Å². The molecule has 30 heavy (non-hydrogen) atoms. The summed E-state index contributed by atoms with van der Waals surface area (Å²) in [6.45, 7) is 6.20. The minimum atomic E-state index is -0.0429. The monoisotopic (exact) mass is 405 g/mol. The largest absolute Gasteiger partial charge is 0.484 e. The van der Waals surface area contributed by atoms with Gasteiger partial charge in [-0.05, 0) is 37.1 Å². The van der Waals surface area contributed by atoms with E-state index in [1.165, 1.54) is 5.56 Å². The lowest BCUT2D eigenvalue weighted by molar-refractivity contribution is -0.140. The minimum Gasteiger partial charge on any atom is -0.484 e. The Labute approximate surface area is 176 Å². The van der Waals surface area contributed by atoms with Crippen LogP contribution in [-0.2, 0) is 16.0 Å². The lowest BCUT2D eigenvalue weighted by atomic mass is 10.1. The van der Waals surface area contributed by atoms with Crippen LogP contribution in [0.25, 0.3) is 10.9 Å². The maximum absolute atomic E-state index is 12.7. The van der Waals surface area contributed by atoms with Gasteiger partial charge in [-0.1, -0.05) is 35.9 Å². The zero-order chi connectivity index (χ0) is 21.1. The van der Waals surface area contributed by atoms with Crippen LogP contribution in [0, 0.1) is 13.8 Å². The van der Waals surface area contributed by atoms with Gasteiger partial charge in [-0.2, -0.15) is 0 Å². The molecule has 0 unspecified atom stereocenters. The van der Waals surface area contributed by atoms with E-state index in [9.17, 15) is 9.59 Å². The molecule has 156 valence electrons. The Hall–Kier alpha value is -3.28. The SMILES string of the molecule is Cc1ccc(OCC(=O)N2CCN(C(=O)Cc3c[nH]c4ccccc34)CC2)c(C)c1. The molecule has 6 nitrogen and oxygen atoms in total. The molecule has 1 aromatic heterocycles. The van der Waals surface area contributed by atoms with Gasteiger partial charge < -0.3 is 19.5 Å². The first kappa shape index (κ1) is 20.0. The van der Waals surface area contributed by atoms with Gasteiger partial charge in [0.2, 0.25) is 5.91 Å². The van der Waals surface area contributed by atoms with Gasteiger partial charge in [0.15, 0.2) is 6.61 Å². The number of ether oxygens (including phenoxy) is 1. The van der Waals surface area contributed by atoms with E-state index in [2.05, 4.69) is 4.98 Å². The normalized spacial score (nSPS) is 14.2. The highest BCUT2D eigenvalue weighted by atomic mass is 16.5. The Balaban J connectivity index is 1.27. The molecule has 2 amide bonds. The first-order valence-corrected chi connectivity index (χ1v) is 10.3. The molecule has 1 aliphatic rings. The van der Waals surface area contributed by atoms with E-state index >= 15 is 0 Å². The van der Waals surface area contributed by atoms with Gasteiger partial charge in [0, 0.05) is 43.3 Å². The number of piperazine rings is 1. The number of nitrogens with one attached hydrogen (secondary N) is 1. The maximum atomic E-state index is 12.7. The molecule has 2 aromatic carbocycles. The number of aryl methyl sites for hydroxylation is 2. The number of amides is 2. The summed E-state index contributed by atoms with van der Waals surface area (Å²) >= 11 is 0. The van der Waals surface area contributed by atoms with Crippen LogP contribution in [0.3, 0.4) is 0 Å². The number of aromatic nitrogens is 1. The minimum absolute atomic E-state index is 0.0210. The van der Waals surface area contributed by atoms with Gasteiger partial charge >= 0.3 is 0 Å². The average Bonchev–Trinajstić information content (AvgIpc) is 3.16. The molecule has 4 rings (SSSR count). The van der Waals surface area contributed by atoms with E-state index in [1.54, 1.807) is 4.90 Å². The Morgan fingerprint density at radius 1 is 0.967 bits per heavy atom. The van der Waals surface area contributed by atoms with E-state index in [0.717, 1.165) is 27.8 Å². The van der Waals surface area contributed by atoms with Crippen molar-refractivity contribution in [3.63, 3.8) is 0 Å². The molecule has 1 fully saturated rings. The number of aromatic amines is 1. The van der Waals surface area contributed by atoms with Crippen molar-refractivity contribution < 1.29 is 14.3 Å². The lowest BCUT2D eigenvalue weighted by Crippen LogP contribution is -2.52. The van der Waals surface area contributed by atoms with E-state index < -0.39 is 0 Å². The number of carbonyl (C=O) groups is 2. The summed E-state index contributed by atoms with van der Waals surface area (Å²) < 4.78 is 5.72. The van der Waals surface area contributed by atoms with Crippen molar-refractivity contribution in [3.8, 4) is 5.75 Å². The standard InChI is InChI=1S/C24H27N3O3/c1-17-7-8-22(18(2)13-17)30-16-24(29)27-11-9-26(10-12-27)23(28)14-19-15-25-21-6-4-3-5-20(19)21/h3-8,13,15,25H,9-12,14,16H2,1-2H3. The molecule has 1 aliphatic heterocycles. The lowest BCUT2D eigenvalue weighted by Gasteiger charge is -2.34. The summed E-state index contributed by atoms with van der Waals surface area (Å²) in [5.41, 5.74) is 4.24. The average molecular weight is 405 g/mol. The molecule has 0 radical (unpaired) electrons. The zero-order valence-electron chi connectivity index (χ0n) is 17.5. The fourth-order valence-corrected chi connectivity index (χ4v) is 3.95. The summed E-state index contributed by atoms with van der Waals surface area (Å²) in [6.07, 6.45) is 2.28. The van der Waals surface area contributed by atoms with Crippen LogP contribution in [0.15, 0.2) is 48.7 Å². The highest BCUT2D eigenvalue weighted by Crippen LogP contribution is 2.20. The predicted molar refractivity (Wildman–Crippen MR) is 117 cm³/mol. The summed E-state index contributed by atoms with van der Waals surface area (Å²) in [6, 6.07) is 13.9. The van der Waals surface area contributed by atoms with Gasteiger partial charge in [0.05, 0.1) is 6.42 Å². The summed E-state index contributed by atoms with van der Waals surface area (Å²) in [5.74, 6) is 0.790. The highest BCUT2D eigenvalue weighted by Gasteiger charge is 2.25. The molecule has 0 spiro atoms. The van der Waals surface area contributed by atoms with Crippen molar-refractivity contribution in [2.45, 2.75) is 20.3 Å². The molecule has 3 aromatic rings. The van der Waals surface area contributed by atoms with E-state index in [1.807, 2.05) is 67.4 Å². The Kier molecular flexibility index (Phi) is 5.74. The quantitative estimate of drug-likeness (QED) is 0.710. The predicted octanol–water partition coefficient (Wildman–Crippen LogP) is 3.08. The van der Waals surface area contributed by atoms with Gasteiger partial charge in [-0.3, -0.25) is 9.59 Å². The number of carbonyl (C=O) groups excluding carboxylic acids is 2. The van der Waals surface area contributed by atoms with Crippen molar-refractivity contribution in [1.29, 1.82) is 0 Å². The number of nitrogens with zero attached hydrogens (tertiary/aromatic N) is 2. The summed E-state index contributed by atoms with van der Waals surface area (Å²) in [5, 5.41) is 1.09. The number of para-hydroxylation sites is 1. The second kappa shape index (κ2) is 8.61. The van der Waals surface area contributed by atoms with Gasteiger partial charge in [-0.25, -0.2) is 0 Å². The molecule has 1 N–H and O–H groups in total. The number of rotatable bonds is 5. The third kappa shape index (κ3) is 4.32. The van der Waals surface area contributed by atoms with Gasteiger partial charge in [0.1, 0.15) is 5.75 Å². The van der Waals surface area contributed by atoms with Gasteiger partial charge in [-0.15, -0.1) is 0 Å². The number of hydrogen-bond acceptors (Lipinski definition) is 3. The van der Waals surface area contributed by atoms with Crippen LogP contribution < -0.4 is 4.74 Å². The van der Waals surface area contributed by atoms with Crippen molar-refractivity contribution in [3.05, 3.63) is 65.4 Å². The van der Waals surface area contributed by atoms with Crippen LogP contribution in [0.4, 0.5) is 0 Å². The molecule has 1 saturated heterocycles. The fourth-order valence-electron chi connectivity index (χ4n) is 3.95. The Bertz CT molecular complexity index is 1060. The third-order valence-electron chi connectivity index (χ3n) is 5.68. The molecule has 0 bridgehead atoms. The smallest absolute Gasteiger partial charge is 0.260 e.